The van der Waals surface area contributed by atoms with Crippen molar-refractivity contribution in [2.45, 2.75) is 52.4 Å². The summed E-state index contributed by atoms with van der Waals surface area (Å²) >= 11 is 1.63. The number of ether oxygens (including phenoxy) is 1. The van der Waals surface area contributed by atoms with Gasteiger partial charge in [-0.3, -0.25) is 13.8 Å². The van der Waals surface area contributed by atoms with Crippen LogP contribution in [0.25, 0.3) is 16.0 Å². The fourth-order valence-corrected chi connectivity index (χ4v) is 5.26. The zero-order valence-corrected chi connectivity index (χ0v) is 17.0. The van der Waals surface area contributed by atoms with Gasteiger partial charge in [0.05, 0.1) is 17.6 Å². The van der Waals surface area contributed by atoms with E-state index in [-0.39, 0.29) is 11.2 Å². The molecule has 5 rings (SSSR count). The maximum absolute atomic E-state index is 13.6. The standard InChI is InChI=1S/C21H22N4O2S/c1-13-22-23-20-24(10-9-14-7-5-4-6-8-14)18(26)17-15-11-21(2,3)27-12-16(15)28-19(17)25(13)20/h4-8H,9-12H2,1-3H3. The number of hydrogen-bond donors (Lipinski definition) is 0. The van der Waals surface area contributed by atoms with E-state index in [1.807, 2.05) is 29.5 Å². The number of aromatic nitrogens is 4. The zero-order chi connectivity index (χ0) is 19.5. The van der Waals surface area contributed by atoms with E-state index in [1.165, 1.54) is 5.56 Å². The third kappa shape index (κ3) is 2.69. The van der Waals surface area contributed by atoms with Gasteiger partial charge in [0.25, 0.3) is 5.56 Å². The molecule has 28 heavy (non-hydrogen) atoms. The fourth-order valence-electron chi connectivity index (χ4n) is 3.99. The Morgan fingerprint density at radius 1 is 1.21 bits per heavy atom. The number of rotatable bonds is 3. The van der Waals surface area contributed by atoms with Gasteiger partial charge in [-0.25, -0.2) is 0 Å². The minimum absolute atomic E-state index is 0.0287. The second kappa shape index (κ2) is 6.25. The van der Waals surface area contributed by atoms with Crippen LogP contribution < -0.4 is 5.56 Å². The van der Waals surface area contributed by atoms with E-state index >= 15 is 0 Å². The van der Waals surface area contributed by atoms with Gasteiger partial charge in [-0.1, -0.05) is 30.3 Å². The van der Waals surface area contributed by atoms with Crippen LogP contribution in [0.4, 0.5) is 0 Å². The van der Waals surface area contributed by atoms with Gasteiger partial charge in [-0.15, -0.1) is 21.5 Å². The summed E-state index contributed by atoms with van der Waals surface area (Å²) in [7, 11) is 0. The van der Waals surface area contributed by atoms with Crippen molar-refractivity contribution in [2.75, 3.05) is 0 Å². The summed E-state index contributed by atoms with van der Waals surface area (Å²) in [6.45, 7) is 7.22. The van der Waals surface area contributed by atoms with Crippen LogP contribution >= 0.6 is 11.3 Å². The van der Waals surface area contributed by atoms with Crippen molar-refractivity contribution in [2.24, 2.45) is 0 Å². The average Bonchev–Trinajstić information content (AvgIpc) is 3.22. The fraction of sp³-hybridized carbons (Fsp3) is 0.381. The van der Waals surface area contributed by atoms with Gasteiger partial charge in [0.15, 0.2) is 0 Å². The molecule has 0 atom stereocenters. The van der Waals surface area contributed by atoms with Crippen molar-refractivity contribution >= 4 is 27.3 Å². The van der Waals surface area contributed by atoms with E-state index in [4.69, 9.17) is 4.74 Å². The van der Waals surface area contributed by atoms with Gasteiger partial charge in [0.2, 0.25) is 5.78 Å². The third-order valence-electron chi connectivity index (χ3n) is 5.45. The predicted octanol–water partition coefficient (Wildman–Crippen LogP) is 3.51. The minimum Gasteiger partial charge on any atom is -0.370 e. The first-order chi connectivity index (χ1) is 13.4. The molecule has 0 fully saturated rings. The highest BCUT2D eigenvalue weighted by Crippen LogP contribution is 2.38. The minimum atomic E-state index is -0.264. The lowest BCUT2D eigenvalue weighted by Crippen LogP contribution is -2.32. The molecule has 3 aromatic heterocycles. The number of thiophene rings is 1. The molecule has 0 radical (unpaired) electrons. The summed E-state index contributed by atoms with van der Waals surface area (Å²) in [6, 6.07) is 10.2. The Balaban J connectivity index is 1.73. The molecule has 0 spiro atoms. The molecule has 0 amide bonds. The Morgan fingerprint density at radius 2 is 2.00 bits per heavy atom. The van der Waals surface area contributed by atoms with Crippen LogP contribution in [0.5, 0.6) is 0 Å². The van der Waals surface area contributed by atoms with Crippen LogP contribution in [-0.4, -0.2) is 24.8 Å². The van der Waals surface area contributed by atoms with E-state index in [1.54, 1.807) is 15.9 Å². The highest BCUT2D eigenvalue weighted by molar-refractivity contribution is 7.18. The summed E-state index contributed by atoms with van der Waals surface area (Å²) in [5.41, 5.74) is 2.09. The molecule has 0 N–H and O–H groups in total. The van der Waals surface area contributed by atoms with Crippen molar-refractivity contribution in [3.05, 3.63) is 62.5 Å². The van der Waals surface area contributed by atoms with E-state index in [9.17, 15) is 4.79 Å². The molecule has 7 heteroatoms. The molecule has 0 bridgehead atoms. The summed E-state index contributed by atoms with van der Waals surface area (Å²) in [5, 5.41) is 9.40. The predicted molar refractivity (Wildman–Crippen MR) is 110 cm³/mol. The molecular weight excluding hydrogens is 372 g/mol. The SMILES string of the molecule is Cc1nnc2n(CCc3ccccc3)c(=O)c3c4c(sc3n12)COC(C)(C)C4. The van der Waals surface area contributed by atoms with Crippen molar-refractivity contribution in [1.82, 2.24) is 19.2 Å². The van der Waals surface area contributed by atoms with Crippen molar-refractivity contribution in [3.63, 3.8) is 0 Å². The van der Waals surface area contributed by atoms with Crippen LogP contribution in [0.1, 0.15) is 35.7 Å². The van der Waals surface area contributed by atoms with Crippen LogP contribution in [-0.2, 0) is 30.7 Å². The van der Waals surface area contributed by atoms with Gasteiger partial charge >= 0.3 is 0 Å². The average molecular weight is 395 g/mol. The number of nitrogens with zero attached hydrogens (tertiary/aromatic N) is 4. The van der Waals surface area contributed by atoms with Crippen LogP contribution in [0.3, 0.4) is 0 Å². The quantitative estimate of drug-likeness (QED) is 0.534. The summed E-state index contributed by atoms with van der Waals surface area (Å²) in [6.07, 6.45) is 1.51. The topological polar surface area (TPSA) is 61.4 Å². The van der Waals surface area contributed by atoms with Gasteiger partial charge in [-0.05, 0) is 38.3 Å². The molecule has 4 heterocycles. The first-order valence-electron chi connectivity index (χ1n) is 9.51. The molecule has 6 nitrogen and oxygen atoms in total. The van der Waals surface area contributed by atoms with Gasteiger partial charge < -0.3 is 4.74 Å². The molecule has 0 saturated heterocycles. The second-order valence-corrected chi connectivity index (χ2v) is 9.07. The summed E-state index contributed by atoms with van der Waals surface area (Å²) in [4.78, 5) is 15.6. The molecule has 1 aliphatic rings. The van der Waals surface area contributed by atoms with Crippen molar-refractivity contribution in [3.8, 4) is 0 Å². The lowest BCUT2D eigenvalue weighted by molar-refractivity contribution is -0.0379. The first-order valence-corrected chi connectivity index (χ1v) is 10.3. The number of aryl methyl sites for hydroxylation is 3. The van der Waals surface area contributed by atoms with E-state index in [2.05, 4.69) is 36.2 Å². The smallest absolute Gasteiger partial charge is 0.263 e. The van der Waals surface area contributed by atoms with E-state index < -0.39 is 0 Å². The Bertz CT molecular complexity index is 1250. The summed E-state index contributed by atoms with van der Waals surface area (Å²) in [5.74, 6) is 1.41. The highest BCUT2D eigenvalue weighted by atomic mass is 32.1. The number of fused-ring (bicyclic) bond motifs is 5. The molecule has 0 aliphatic carbocycles. The molecular formula is C21H22N4O2S. The maximum atomic E-state index is 13.6. The van der Waals surface area contributed by atoms with Gasteiger partial charge in [0, 0.05) is 17.8 Å². The molecule has 1 aromatic carbocycles. The van der Waals surface area contributed by atoms with Crippen molar-refractivity contribution < 1.29 is 4.74 Å². The normalized spacial score (nSPS) is 16.0. The maximum Gasteiger partial charge on any atom is 0.263 e. The molecule has 144 valence electrons. The first kappa shape index (κ1) is 17.6. The molecule has 0 unspecified atom stereocenters. The molecule has 4 aromatic rings. The van der Waals surface area contributed by atoms with Gasteiger partial charge in [-0.2, -0.15) is 0 Å². The van der Waals surface area contributed by atoms with Crippen molar-refractivity contribution in [1.29, 1.82) is 0 Å². The monoisotopic (exact) mass is 394 g/mol. The van der Waals surface area contributed by atoms with E-state index in [0.717, 1.165) is 39.3 Å². The highest BCUT2D eigenvalue weighted by Gasteiger charge is 2.32. The number of hydrogen-bond acceptors (Lipinski definition) is 5. The Kier molecular flexibility index (Phi) is 3.93. The van der Waals surface area contributed by atoms with Crippen LogP contribution in [0.15, 0.2) is 35.1 Å². The molecule has 1 aliphatic heterocycles. The Morgan fingerprint density at radius 3 is 2.79 bits per heavy atom. The summed E-state index contributed by atoms with van der Waals surface area (Å²) < 4.78 is 9.79. The second-order valence-electron chi connectivity index (χ2n) is 7.98. The van der Waals surface area contributed by atoms with Crippen LogP contribution in [0, 0.1) is 6.92 Å². The Hall–Kier alpha value is -2.51. The zero-order valence-electron chi connectivity index (χ0n) is 16.2. The number of benzene rings is 1. The molecule has 0 saturated carbocycles. The largest absolute Gasteiger partial charge is 0.370 e. The Labute approximate surface area is 166 Å². The van der Waals surface area contributed by atoms with Gasteiger partial charge in [0.1, 0.15) is 10.7 Å². The third-order valence-corrected chi connectivity index (χ3v) is 6.64. The van der Waals surface area contributed by atoms with E-state index in [0.29, 0.717) is 18.9 Å². The lowest BCUT2D eigenvalue weighted by Gasteiger charge is -2.29. The lowest BCUT2D eigenvalue weighted by atomic mass is 9.94. The van der Waals surface area contributed by atoms with Crippen LogP contribution in [0.2, 0.25) is 0 Å².